The molecule has 2 aromatic heterocycles. The van der Waals surface area contributed by atoms with Crippen LogP contribution in [0.25, 0.3) is 11.4 Å². The van der Waals surface area contributed by atoms with Gasteiger partial charge < -0.3 is 10.2 Å². The van der Waals surface area contributed by atoms with Gasteiger partial charge in [0, 0.05) is 24.6 Å². The van der Waals surface area contributed by atoms with Gasteiger partial charge in [0.1, 0.15) is 0 Å². The fraction of sp³-hybridized carbons (Fsp3) is 0.500. The second kappa shape index (κ2) is 22.8. The molecule has 0 N–H and O–H groups in total. The van der Waals surface area contributed by atoms with Crippen molar-refractivity contribution in [2.75, 3.05) is 0 Å². The van der Waals surface area contributed by atoms with Gasteiger partial charge >= 0.3 is 16.5 Å². The number of ketones is 2. The van der Waals surface area contributed by atoms with Crippen molar-refractivity contribution in [2.45, 2.75) is 130 Å². The molecule has 2 heterocycles. The molecule has 0 atom stereocenters. The Hall–Kier alpha value is -3.71. The Morgan fingerprint density at radius 1 is 0.531 bits per heavy atom. The largest absolute Gasteiger partial charge is 2.00 e. The van der Waals surface area contributed by atoms with Crippen LogP contribution in [0.3, 0.4) is 0 Å². The van der Waals surface area contributed by atoms with Crippen LogP contribution >= 0.6 is 0 Å². The Morgan fingerprint density at radius 3 is 1.16 bits per heavy atom. The number of unbranched alkanes of at least 4 members (excludes halogenated alkanes) is 12. The molecule has 9 heteroatoms. The number of benzene rings is 2. The second-order valence-electron chi connectivity index (χ2n) is 12.6. The molecule has 0 bridgehead atoms. The van der Waals surface area contributed by atoms with Gasteiger partial charge in [-0.15, -0.1) is 0 Å². The van der Waals surface area contributed by atoms with E-state index < -0.39 is 0 Å². The minimum atomic E-state index is -0.299. The zero-order valence-electron chi connectivity index (χ0n) is 29.8. The first-order chi connectivity index (χ1) is 23.3. The minimum absolute atomic E-state index is 0. The molecule has 0 aliphatic heterocycles. The summed E-state index contributed by atoms with van der Waals surface area (Å²) in [4.78, 5) is 24.8. The fourth-order valence-electron chi connectivity index (χ4n) is 5.88. The van der Waals surface area contributed by atoms with Crippen molar-refractivity contribution in [1.29, 1.82) is 0 Å². The Bertz CT molecular complexity index is 1420. The molecule has 0 fully saturated rings. The molecule has 0 aliphatic carbocycles. The van der Waals surface area contributed by atoms with Crippen molar-refractivity contribution in [3.63, 3.8) is 0 Å². The van der Waals surface area contributed by atoms with Gasteiger partial charge in [-0.05, 0) is 51.0 Å². The minimum Gasteiger partial charge on any atom is -0.858 e. The summed E-state index contributed by atoms with van der Waals surface area (Å²) in [6.07, 6.45) is 17.1. The van der Waals surface area contributed by atoms with Crippen molar-refractivity contribution in [1.82, 2.24) is 19.6 Å². The SMILES string of the molecule is CCCCCCCCCC(=O)c1c(C)nn(-c2ccccc2)c1[O-].CCCCCCCCCC(=O)c1c(C)nn(-c2ccccc2)c1[O-].[Ni+2]. The molecule has 0 radical (unpaired) electrons. The first-order valence-electron chi connectivity index (χ1n) is 18.0. The third kappa shape index (κ3) is 12.9. The molecule has 0 amide bonds. The molecule has 2 aromatic carbocycles. The quantitative estimate of drug-likeness (QED) is 0.0513. The molecule has 0 unspecified atom stereocenters. The van der Waals surface area contributed by atoms with E-state index in [9.17, 15) is 19.8 Å². The number of carbonyl (C=O) groups excluding carboxylic acids is 2. The third-order valence-corrected chi connectivity index (χ3v) is 8.61. The maximum atomic E-state index is 12.5. The molecule has 268 valence electrons. The van der Waals surface area contributed by atoms with Crippen LogP contribution in [0.4, 0.5) is 0 Å². The molecule has 4 rings (SSSR count). The number of Topliss-reactive ketones (excluding diaryl/α,β-unsaturated/α-hetero) is 2. The van der Waals surface area contributed by atoms with Crippen LogP contribution in [-0.4, -0.2) is 31.1 Å². The number of hydrogen-bond acceptors (Lipinski definition) is 6. The van der Waals surface area contributed by atoms with Crippen LogP contribution in [-0.2, 0) is 16.5 Å². The van der Waals surface area contributed by atoms with Gasteiger partial charge in [0.2, 0.25) is 0 Å². The maximum absolute atomic E-state index is 12.5. The summed E-state index contributed by atoms with van der Waals surface area (Å²) in [5, 5.41) is 33.6. The molecule has 0 spiro atoms. The van der Waals surface area contributed by atoms with Crippen LogP contribution < -0.4 is 10.2 Å². The van der Waals surface area contributed by atoms with Crippen LogP contribution in [0.1, 0.15) is 149 Å². The summed E-state index contributed by atoms with van der Waals surface area (Å²) in [7, 11) is 0. The Morgan fingerprint density at radius 2 is 0.837 bits per heavy atom. The molecular formula is C40H54N4NiO4. The normalized spacial score (nSPS) is 10.7. The number of nitrogens with zero attached hydrogens (tertiary/aromatic N) is 4. The topological polar surface area (TPSA) is 116 Å². The summed E-state index contributed by atoms with van der Waals surface area (Å²) in [6, 6.07) is 18.5. The molecule has 8 nitrogen and oxygen atoms in total. The Kier molecular flexibility index (Phi) is 19.3. The van der Waals surface area contributed by atoms with E-state index in [1.54, 1.807) is 13.8 Å². The van der Waals surface area contributed by atoms with Gasteiger partial charge in [-0.1, -0.05) is 127 Å². The third-order valence-electron chi connectivity index (χ3n) is 8.61. The van der Waals surface area contributed by atoms with E-state index in [4.69, 9.17) is 0 Å². The van der Waals surface area contributed by atoms with E-state index in [0.717, 1.165) is 25.7 Å². The predicted octanol–water partition coefficient (Wildman–Crippen LogP) is 9.15. The van der Waals surface area contributed by atoms with Gasteiger partial charge in [0.05, 0.1) is 33.9 Å². The first-order valence-corrected chi connectivity index (χ1v) is 18.0. The fourth-order valence-corrected chi connectivity index (χ4v) is 5.88. The molecular weight excluding hydrogens is 659 g/mol. The van der Waals surface area contributed by atoms with Crippen molar-refractivity contribution >= 4 is 11.6 Å². The molecule has 0 saturated heterocycles. The van der Waals surface area contributed by atoms with Crippen LogP contribution in [0.15, 0.2) is 60.7 Å². The number of rotatable bonds is 20. The molecule has 4 aromatic rings. The first kappa shape index (κ1) is 41.5. The average Bonchev–Trinajstić information content (AvgIpc) is 3.57. The number of aromatic nitrogens is 4. The number of carbonyl (C=O) groups is 2. The van der Waals surface area contributed by atoms with E-state index in [1.165, 1.54) is 73.6 Å². The molecule has 0 saturated carbocycles. The molecule has 0 aliphatic rings. The molecule has 49 heavy (non-hydrogen) atoms. The summed E-state index contributed by atoms with van der Waals surface area (Å²) < 4.78 is 2.65. The standard InChI is InChI=1S/2C20H28N2O2.Ni/c2*1-3-4-5-6-7-8-12-15-18(23)19-16(2)21-22(20(19)24)17-13-10-9-11-14-17;/h2*9-11,13-14,24H,3-8,12,15H2,1-2H3;/q;;+2/p-2. The van der Waals surface area contributed by atoms with Crippen LogP contribution in [0.2, 0.25) is 0 Å². The van der Waals surface area contributed by atoms with E-state index in [1.807, 2.05) is 60.7 Å². The van der Waals surface area contributed by atoms with Gasteiger partial charge in [-0.25, -0.2) is 9.36 Å². The second-order valence-corrected chi connectivity index (χ2v) is 12.6. The number of aryl methyl sites for hydroxylation is 2. The zero-order valence-corrected chi connectivity index (χ0v) is 30.8. The van der Waals surface area contributed by atoms with Crippen molar-refractivity contribution in [3.8, 4) is 23.1 Å². The smallest absolute Gasteiger partial charge is 0.858 e. The number of para-hydroxylation sites is 2. The monoisotopic (exact) mass is 712 g/mol. The summed E-state index contributed by atoms with van der Waals surface area (Å²) >= 11 is 0. The Balaban J connectivity index is 0.000000333. The summed E-state index contributed by atoms with van der Waals surface area (Å²) in [5.41, 5.74) is 2.95. The summed E-state index contributed by atoms with van der Waals surface area (Å²) in [6.45, 7) is 7.88. The van der Waals surface area contributed by atoms with E-state index in [-0.39, 0.29) is 50.9 Å². The average molecular weight is 714 g/mol. The van der Waals surface area contributed by atoms with Crippen molar-refractivity contribution in [2.24, 2.45) is 0 Å². The predicted molar refractivity (Wildman–Crippen MR) is 189 cm³/mol. The van der Waals surface area contributed by atoms with E-state index in [0.29, 0.717) is 35.6 Å². The van der Waals surface area contributed by atoms with E-state index in [2.05, 4.69) is 24.0 Å². The maximum Gasteiger partial charge on any atom is 2.00 e. The van der Waals surface area contributed by atoms with Gasteiger partial charge in [0.25, 0.3) is 0 Å². The van der Waals surface area contributed by atoms with Gasteiger partial charge in [-0.3, -0.25) is 9.59 Å². The van der Waals surface area contributed by atoms with Gasteiger partial charge in [-0.2, -0.15) is 10.2 Å². The van der Waals surface area contributed by atoms with Gasteiger partial charge in [0.15, 0.2) is 11.6 Å². The Labute approximate surface area is 303 Å². The van der Waals surface area contributed by atoms with Crippen LogP contribution in [0, 0.1) is 13.8 Å². The zero-order chi connectivity index (χ0) is 34.7. The number of hydrogen-bond donors (Lipinski definition) is 0. The van der Waals surface area contributed by atoms with Crippen LogP contribution in [0.5, 0.6) is 11.8 Å². The summed E-state index contributed by atoms with van der Waals surface area (Å²) in [5.74, 6) is -0.750. The van der Waals surface area contributed by atoms with Crippen molar-refractivity contribution < 1.29 is 36.3 Å². The van der Waals surface area contributed by atoms with E-state index >= 15 is 0 Å². The van der Waals surface area contributed by atoms with Crippen molar-refractivity contribution in [3.05, 3.63) is 83.2 Å².